The third kappa shape index (κ3) is 2.46. The predicted molar refractivity (Wildman–Crippen MR) is 68.0 cm³/mol. The summed E-state index contributed by atoms with van der Waals surface area (Å²) < 4.78 is 1.80. The first-order chi connectivity index (χ1) is 9.11. The second-order valence-electron chi connectivity index (χ2n) is 4.73. The molecule has 0 spiro atoms. The fraction of sp³-hybridized carbons (Fsp3) is 0.455. The van der Waals surface area contributed by atoms with Crippen LogP contribution in [-0.4, -0.2) is 37.0 Å². The molecule has 1 fully saturated rings. The Morgan fingerprint density at radius 2 is 2.32 bits per heavy atom. The fourth-order valence-electron chi connectivity index (χ4n) is 2.40. The van der Waals surface area contributed by atoms with E-state index in [0.717, 1.165) is 23.9 Å². The third-order valence-corrected chi connectivity index (χ3v) is 3.52. The molecular weight excluding hydrogens is 270 g/mol. The number of rotatable bonds is 3. The lowest BCUT2D eigenvalue weighted by Crippen LogP contribution is -2.44. The molecule has 1 saturated carbocycles. The van der Waals surface area contributed by atoms with Crippen LogP contribution in [0.4, 0.5) is 4.79 Å². The molecule has 1 amide bonds. The van der Waals surface area contributed by atoms with Crippen LogP contribution in [0.3, 0.4) is 0 Å². The van der Waals surface area contributed by atoms with Gasteiger partial charge in [-0.05, 0) is 30.4 Å². The highest BCUT2D eigenvalue weighted by Crippen LogP contribution is 2.29. The highest BCUT2D eigenvalue weighted by atomic mass is 35.5. The van der Waals surface area contributed by atoms with Crippen LogP contribution >= 0.6 is 11.6 Å². The molecular formula is C11H12ClN5O2. The summed E-state index contributed by atoms with van der Waals surface area (Å²) in [4.78, 5) is 18.5. The molecule has 0 radical (unpaired) electrons. The molecule has 7 nitrogen and oxygen atoms in total. The van der Waals surface area contributed by atoms with Gasteiger partial charge in [0.15, 0.2) is 5.65 Å². The van der Waals surface area contributed by atoms with E-state index in [9.17, 15) is 4.79 Å². The van der Waals surface area contributed by atoms with Crippen molar-refractivity contribution >= 4 is 28.7 Å². The molecule has 0 atom stereocenters. The number of amides is 1. The van der Waals surface area contributed by atoms with Crippen molar-refractivity contribution in [1.82, 2.24) is 25.1 Å². The van der Waals surface area contributed by atoms with Crippen LogP contribution < -0.4 is 5.32 Å². The summed E-state index contributed by atoms with van der Waals surface area (Å²) >= 11 is 5.77. The molecule has 1 aliphatic rings. The molecule has 19 heavy (non-hydrogen) atoms. The van der Waals surface area contributed by atoms with Crippen LogP contribution in [0.5, 0.6) is 0 Å². The van der Waals surface area contributed by atoms with Gasteiger partial charge in [0.25, 0.3) is 0 Å². The van der Waals surface area contributed by atoms with Gasteiger partial charge in [0.05, 0.1) is 11.6 Å². The Morgan fingerprint density at radius 3 is 3.05 bits per heavy atom. The van der Waals surface area contributed by atoms with Crippen LogP contribution in [0, 0.1) is 5.92 Å². The molecule has 1 aliphatic carbocycles. The zero-order chi connectivity index (χ0) is 13.4. The summed E-state index contributed by atoms with van der Waals surface area (Å²) in [6.45, 7) is 0.717. The van der Waals surface area contributed by atoms with E-state index in [-0.39, 0.29) is 11.3 Å². The molecule has 2 aromatic heterocycles. The lowest BCUT2D eigenvalue weighted by Gasteiger charge is -2.34. The number of fused-ring (bicyclic) bond motifs is 1. The molecule has 3 rings (SSSR count). The molecule has 0 saturated heterocycles. The van der Waals surface area contributed by atoms with Crippen molar-refractivity contribution in [1.29, 1.82) is 0 Å². The molecule has 100 valence electrons. The maximum atomic E-state index is 10.5. The quantitative estimate of drug-likeness (QED) is 0.832. The smallest absolute Gasteiger partial charge is 0.404 e. The van der Waals surface area contributed by atoms with Gasteiger partial charge in [0.1, 0.15) is 0 Å². The zero-order valence-corrected chi connectivity index (χ0v) is 10.7. The average molecular weight is 282 g/mol. The van der Waals surface area contributed by atoms with Crippen molar-refractivity contribution in [2.75, 3.05) is 0 Å². The second-order valence-corrected chi connectivity index (χ2v) is 5.07. The molecule has 0 bridgehead atoms. The summed E-state index contributed by atoms with van der Waals surface area (Å²) in [5.74, 6) is 0.411. The Kier molecular flexibility index (Phi) is 2.98. The summed E-state index contributed by atoms with van der Waals surface area (Å²) in [6, 6.07) is 0.0579. The minimum atomic E-state index is -0.965. The van der Waals surface area contributed by atoms with E-state index >= 15 is 0 Å². The number of carboxylic acid groups (broad SMARTS) is 1. The average Bonchev–Trinajstić information content (AvgIpc) is 2.68. The fourth-order valence-corrected chi connectivity index (χ4v) is 2.53. The lowest BCUT2D eigenvalue weighted by molar-refractivity contribution is 0.158. The van der Waals surface area contributed by atoms with E-state index < -0.39 is 6.09 Å². The van der Waals surface area contributed by atoms with Crippen molar-refractivity contribution in [3.63, 3.8) is 0 Å². The number of hydrogen-bond donors (Lipinski definition) is 2. The number of hydrogen-bond acceptors (Lipinski definition) is 4. The minimum Gasteiger partial charge on any atom is -0.465 e. The molecule has 2 heterocycles. The van der Waals surface area contributed by atoms with E-state index in [0.29, 0.717) is 12.5 Å². The molecule has 0 aromatic carbocycles. The van der Waals surface area contributed by atoms with Gasteiger partial charge in [0.2, 0.25) is 5.28 Å². The molecule has 0 aliphatic heterocycles. The predicted octanol–water partition coefficient (Wildman–Crippen LogP) is 1.53. The van der Waals surface area contributed by atoms with Crippen molar-refractivity contribution in [2.45, 2.75) is 25.4 Å². The highest BCUT2D eigenvalue weighted by molar-refractivity contribution is 6.28. The molecule has 2 aromatic rings. The van der Waals surface area contributed by atoms with E-state index in [4.69, 9.17) is 16.7 Å². The Balaban J connectivity index is 1.67. The monoisotopic (exact) mass is 281 g/mol. The van der Waals surface area contributed by atoms with Gasteiger partial charge < -0.3 is 10.4 Å². The number of aromatic nitrogens is 4. The Bertz CT molecular complexity index is 623. The third-order valence-electron chi connectivity index (χ3n) is 3.34. The Hall–Kier alpha value is -1.89. The maximum Gasteiger partial charge on any atom is 0.404 e. The van der Waals surface area contributed by atoms with Gasteiger partial charge in [-0.2, -0.15) is 10.1 Å². The number of halogens is 1. The standard InChI is InChI=1S/C11H12ClN5O2/c12-10-13-3-7-4-14-17(9(7)16-10)5-6-1-8(2-6)15-11(18)19/h3-4,6,8,15H,1-2,5H2,(H,18,19). The van der Waals surface area contributed by atoms with E-state index in [2.05, 4.69) is 20.4 Å². The van der Waals surface area contributed by atoms with Crippen LogP contribution in [0.25, 0.3) is 11.0 Å². The normalized spacial score (nSPS) is 22.2. The van der Waals surface area contributed by atoms with E-state index in [1.54, 1.807) is 17.1 Å². The first-order valence-corrected chi connectivity index (χ1v) is 6.33. The van der Waals surface area contributed by atoms with Crippen LogP contribution in [0.2, 0.25) is 5.28 Å². The second kappa shape index (κ2) is 4.65. The molecule has 0 unspecified atom stereocenters. The van der Waals surface area contributed by atoms with Gasteiger partial charge in [-0.3, -0.25) is 0 Å². The maximum absolute atomic E-state index is 10.5. The summed E-state index contributed by atoms with van der Waals surface area (Å²) in [6.07, 6.45) is 4.03. The largest absolute Gasteiger partial charge is 0.465 e. The highest BCUT2D eigenvalue weighted by Gasteiger charge is 2.31. The number of carbonyl (C=O) groups is 1. The molecule has 2 N–H and O–H groups in total. The summed E-state index contributed by atoms with van der Waals surface area (Å²) in [5.41, 5.74) is 0.717. The van der Waals surface area contributed by atoms with Crippen LogP contribution in [0.1, 0.15) is 12.8 Å². The van der Waals surface area contributed by atoms with Gasteiger partial charge >= 0.3 is 6.09 Å². The summed E-state index contributed by atoms with van der Waals surface area (Å²) in [7, 11) is 0. The summed E-state index contributed by atoms with van der Waals surface area (Å²) in [5, 5.41) is 16.4. The van der Waals surface area contributed by atoms with Crippen LogP contribution in [0.15, 0.2) is 12.4 Å². The topological polar surface area (TPSA) is 92.9 Å². The van der Waals surface area contributed by atoms with Crippen molar-refractivity contribution in [3.05, 3.63) is 17.7 Å². The number of nitrogens with zero attached hydrogens (tertiary/aromatic N) is 4. The van der Waals surface area contributed by atoms with Crippen molar-refractivity contribution in [2.24, 2.45) is 5.92 Å². The van der Waals surface area contributed by atoms with Crippen molar-refractivity contribution in [3.8, 4) is 0 Å². The Labute approximate surface area is 113 Å². The van der Waals surface area contributed by atoms with Gasteiger partial charge in [-0.1, -0.05) is 0 Å². The van der Waals surface area contributed by atoms with E-state index in [1.807, 2.05) is 0 Å². The lowest BCUT2D eigenvalue weighted by atomic mass is 9.80. The van der Waals surface area contributed by atoms with Crippen molar-refractivity contribution < 1.29 is 9.90 Å². The first kappa shape index (κ1) is 12.2. The first-order valence-electron chi connectivity index (χ1n) is 5.95. The zero-order valence-electron chi connectivity index (χ0n) is 9.95. The van der Waals surface area contributed by atoms with Gasteiger partial charge in [0, 0.05) is 18.8 Å². The van der Waals surface area contributed by atoms with Gasteiger partial charge in [-0.25, -0.2) is 14.5 Å². The van der Waals surface area contributed by atoms with E-state index in [1.165, 1.54) is 0 Å². The SMILES string of the molecule is O=C(O)NC1CC(Cn2ncc3cnc(Cl)nc32)C1. The van der Waals surface area contributed by atoms with Gasteiger partial charge in [-0.15, -0.1) is 0 Å². The minimum absolute atomic E-state index is 0.0579. The van der Waals surface area contributed by atoms with Crippen LogP contribution in [-0.2, 0) is 6.54 Å². The number of nitrogens with one attached hydrogen (secondary N) is 1. The molecule has 8 heteroatoms. The Morgan fingerprint density at radius 1 is 1.53 bits per heavy atom.